The van der Waals surface area contributed by atoms with Crippen LogP contribution in [-0.2, 0) is 4.79 Å². The SMILES string of the molecule is O=C(CSc1nc(-c2ccccc2)c(NC(=O)c2ccccc2Cl)s1)NC1CC1. The molecule has 2 aromatic carbocycles. The second kappa shape index (κ2) is 8.98. The summed E-state index contributed by atoms with van der Waals surface area (Å²) in [6, 6.07) is 16.9. The summed E-state index contributed by atoms with van der Waals surface area (Å²) in [6.45, 7) is 0. The number of hydrogen-bond donors (Lipinski definition) is 2. The van der Waals surface area contributed by atoms with Gasteiger partial charge < -0.3 is 10.6 Å². The monoisotopic (exact) mass is 443 g/mol. The number of amides is 2. The molecular formula is C21H18ClN3O2S2. The van der Waals surface area contributed by atoms with Crippen LogP contribution in [0.4, 0.5) is 5.00 Å². The normalized spacial score (nSPS) is 13.1. The fourth-order valence-corrected chi connectivity index (χ4v) is 4.77. The minimum atomic E-state index is -0.292. The zero-order valence-corrected chi connectivity index (χ0v) is 17.7. The summed E-state index contributed by atoms with van der Waals surface area (Å²) in [4.78, 5) is 29.4. The molecule has 1 heterocycles. The molecule has 0 atom stereocenters. The first-order valence-electron chi connectivity index (χ1n) is 9.14. The predicted molar refractivity (Wildman–Crippen MR) is 119 cm³/mol. The van der Waals surface area contributed by atoms with Crippen LogP contribution in [0.25, 0.3) is 11.3 Å². The Balaban J connectivity index is 1.55. The summed E-state index contributed by atoms with van der Waals surface area (Å²) in [5.74, 6) is 0.0194. The van der Waals surface area contributed by atoms with Crippen LogP contribution in [0.15, 0.2) is 58.9 Å². The van der Waals surface area contributed by atoms with Crippen LogP contribution in [0, 0.1) is 0 Å². The first-order chi connectivity index (χ1) is 14.1. The topological polar surface area (TPSA) is 71.1 Å². The van der Waals surface area contributed by atoms with Gasteiger partial charge in [0.1, 0.15) is 10.7 Å². The van der Waals surface area contributed by atoms with Crippen molar-refractivity contribution in [3.63, 3.8) is 0 Å². The summed E-state index contributed by atoms with van der Waals surface area (Å²) >= 11 is 8.89. The van der Waals surface area contributed by atoms with Gasteiger partial charge in [-0.1, -0.05) is 77.2 Å². The van der Waals surface area contributed by atoms with Gasteiger partial charge in [0.05, 0.1) is 16.3 Å². The minimum Gasteiger partial charge on any atom is -0.353 e. The smallest absolute Gasteiger partial charge is 0.257 e. The van der Waals surface area contributed by atoms with Crippen LogP contribution in [0.1, 0.15) is 23.2 Å². The molecule has 1 aliphatic carbocycles. The van der Waals surface area contributed by atoms with Gasteiger partial charge in [-0.05, 0) is 25.0 Å². The summed E-state index contributed by atoms with van der Waals surface area (Å²) in [6.07, 6.45) is 2.12. The maximum Gasteiger partial charge on any atom is 0.257 e. The molecule has 0 saturated heterocycles. The highest BCUT2D eigenvalue weighted by Gasteiger charge is 2.24. The lowest BCUT2D eigenvalue weighted by Gasteiger charge is -2.06. The van der Waals surface area contributed by atoms with E-state index in [-0.39, 0.29) is 11.8 Å². The van der Waals surface area contributed by atoms with Crippen molar-refractivity contribution in [2.45, 2.75) is 23.2 Å². The van der Waals surface area contributed by atoms with E-state index in [1.807, 2.05) is 30.3 Å². The van der Waals surface area contributed by atoms with E-state index >= 15 is 0 Å². The highest BCUT2D eigenvalue weighted by atomic mass is 35.5. The maximum atomic E-state index is 12.7. The molecule has 148 valence electrons. The summed E-state index contributed by atoms with van der Waals surface area (Å²) < 4.78 is 0.726. The molecule has 0 radical (unpaired) electrons. The molecule has 0 aliphatic heterocycles. The Morgan fingerprint density at radius 3 is 2.55 bits per heavy atom. The Morgan fingerprint density at radius 2 is 1.83 bits per heavy atom. The molecule has 0 spiro atoms. The highest BCUT2D eigenvalue weighted by molar-refractivity contribution is 8.01. The van der Waals surface area contributed by atoms with Gasteiger partial charge in [-0.3, -0.25) is 9.59 Å². The summed E-state index contributed by atoms with van der Waals surface area (Å²) in [7, 11) is 0. The Kier molecular flexibility index (Phi) is 6.18. The van der Waals surface area contributed by atoms with Crippen molar-refractivity contribution in [1.29, 1.82) is 0 Å². The van der Waals surface area contributed by atoms with Crippen LogP contribution in [-0.4, -0.2) is 28.6 Å². The van der Waals surface area contributed by atoms with Crippen molar-refractivity contribution in [3.8, 4) is 11.3 Å². The summed E-state index contributed by atoms with van der Waals surface area (Å²) in [5.41, 5.74) is 1.98. The molecule has 1 aromatic heterocycles. The van der Waals surface area contributed by atoms with Gasteiger partial charge in [0, 0.05) is 11.6 Å². The number of benzene rings is 2. The fourth-order valence-electron chi connectivity index (χ4n) is 2.68. The standard InChI is InChI=1S/C21H18ClN3O2S2/c22-16-9-5-4-8-15(16)19(27)25-20-18(13-6-2-1-3-7-13)24-21(29-20)28-12-17(26)23-14-10-11-14/h1-9,14H,10-12H2,(H,23,26)(H,25,27). The van der Waals surface area contributed by atoms with Gasteiger partial charge in [-0.15, -0.1) is 0 Å². The number of aromatic nitrogens is 1. The second-order valence-corrected chi connectivity index (χ2v) is 9.22. The lowest BCUT2D eigenvalue weighted by atomic mass is 10.1. The molecule has 5 nitrogen and oxygen atoms in total. The average Bonchev–Trinajstić information content (AvgIpc) is 3.45. The third-order valence-corrected chi connectivity index (χ3v) is 6.71. The second-order valence-electron chi connectivity index (χ2n) is 6.59. The molecule has 8 heteroatoms. The zero-order valence-electron chi connectivity index (χ0n) is 15.4. The number of thiazole rings is 1. The van der Waals surface area contributed by atoms with E-state index in [2.05, 4.69) is 15.6 Å². The number of halogens is 1. The quantitative estimate of drug-likeness (QED) is 0.499. The molecule has 2 N–H and O–H groups in total. The van der Waals surface area contributed by atoms with Crippen LogP contribution in [0.3, 0.4) is 0 Å². The van der Waals surface area contributed by atoms with Crippen molar-refractivity contribution < 1.29 is 9.59 Å². The molecule has 2 amide bonds. The lowest BCUT2D eigenvalue weighted by Crippen LogP contribution is -2.26. The Labute approximate surface area is 181 Å². The molecule has 0 unspecified atom stereocenters. The number of anilines is 1. The van der Waals surface area contributed by atoms with E-state index < -0.39 is 0 Å². The van der Waals surface area contributed by atoms with Crippen molar-refractivity contribution in [1.82, 2.24) is 10.3 Å². The molecule has 1 saturated carbocycles. The van der Waals surface area contributed by atoms with Crippen molar-refractivity contribution >= 4 is 51.5 Å². The van der Waals surface area contributed by atoms with E-state index in [1.54, 1.807) is 24.3 Å². The third-order valence-electron chi connectivity index (χ3n) is 4.27. The van der Waals surface area contributed by atoms with Crippen molar-refractivity contribution in [3.05, 3.63) is 65.2 Å². The molecule has 3 aromatic rings. The number of nitrogens with zero attached hydrogens (tertiary/aromatic N) is 1. The van der Waals surface area contributed by atoms with E-state index in [4.69, 9.17) is 11.6 Å². The third kappa shape index (κ3) is 5.18. The molecule has 1 fully saturated rings. The van der Waals surface area contributed by atoms with Crippen LogP contribution >= 0.6 is 34.7 Å². The Bertz CT molecular complexity index is 1040. The number of carbonyl (C=O) groups excluding carboxylic acids is 2. The van der Waals surface area contributed by atoms with Gasteiger partial charge in [-0.25, -0.2) is 4.98 Å². The molecule has 4 rings (SSSR count). The van der Waals surface area contributed by atoms with Crippen molar-refractivity contribution in [2.75, 3.05) is 11.1 Å². The number of hydrogen-bond acceptors (Lipinski definition) is 5. The fraction of sp³-hybridized carbons (Fsp3) is 0.190. The predicted octanol–water partition coefficient (Wildman–Crippen LogP) is 5.09. The largest absolute Gasteiger partial charge is 0.353 e. The van der Waals surface area contributed by atoms with Gasteiger partial charge in [0.2, 0.25) is 5.91 Å². The number of carbonyl (C=O) groups is 2. The van der Waals surface area contributed by atoms with Gasteiger partial charge >= 0.3 is 0 Å². The Hall–Kier alpha value is -2.35. The summed E-state index contributed by atoms with van der Waals surface area (Å²) in [5, 5.41) is 6.93. The van der Waals surface area contributed by atoms with Crippen LogP contribution in [0.2, 0.25) is 5.02 Å². The number of thioether (sulfide) groups is 1. The van der Waals surface area contributed by atoms with Gasteiger partial charge in [-0.2, -0.15) is 0 Å². The molecular weight excluding hydrogens is 426 g/mol. The number of rotatable bonds is 7. The maximum absolute atomic E-state index is 12.7. The first-order valence-corrected chi connectivity index (χ1v) is 11.3. The van der Waals surface area contributed by atoms with Crippen molar-refractivity contribution in [2.24, 2.45) is 0 Å². The molecule has 1 aliphatic rings. The number of nitrogens with one attached hydrogen (secondary N) is 2. The van der Waals surface area contributed by atoms with E-state index in [9.17, 15) is 9.59 Å². The first kappa shape index (κ1) is 19.9. The molecule has 29 heavy (non-hydrogen) atoms. The van der Waals surface area contributed by atoms with E-state index in [0.717, 1.165) is 22.7 Å². The van der Waals surface area contributed by atoms with Gasteiger partial charge in [0.25, 0.3) is 5.91 Å². The minimum absolute atomic E-state index is 0.00983. The van der Waals surface area contributed by atoms with E-state index in [1.165, 1.54) is 23.1 Å². The van der Waals surface area contributed by atoms with Gasteiger partial charge in [0.15, 0.2) is 4.34 Å². The average molecular weight is 444 g/mol. The highest BCUT2D eigenvalue weighted by Crippen LogP contribution is 2.38. The lowest BCUT2D eigenvalue weighted by molar-refractivity contribution is -0.118. The van der Waals surface area contributed by atoms with Crippen LogP contribution in [0.5, 0.6) is 0 Å². The van der Waals surface area contributed by atoms with Crippen LogP contribution < -0.4 is 10.6 Å². The zero-order chi connectivity index (χ0) is 20.2. The van der Waals surface area contributed by atoms with E-state index in [0.29, 0.717) is 33.1 Å². The Morgan fingerprint density at radius 1 is 1.10 bits per heavy atom. The molecule has 0 bridgehead atoms.